The molecule has 1 N–H and O–H groups in total. The van der Waals surface area contributed by atoms with E-state index in [0.717, 1.165) is 49.6 Å². The van der Waals surface area contributed by atoms with Gasteiger partial charge in [-0.15, -0.1) is 23.7 Å². The molecule has 21 heavy (non-hydrogen) atoms. The highest BCUT2D eigenvalue weighted by molar-refractivity contribution is 7.12. The van der Waals surface area contributed by atoms with Crippen LogP contribution in [0.5, 0.6) is 5.75 Å². The summed E-state index contributed by atoms with van der Waals surface area (Å²) in [5.74, 6) is 0.951. The molecule has 0 atom stereocenters. The molecule has 0 radical (unpaired) electrons. The molecule has 1 aromatic heterocycles. The second-order valence-corrected chi connectivity index (χ2v) is 6.80. The van der Waals surface area contributed by atoms with E-state index in [4.69, 9.17) is 4.74 Å². The largest absolute Gasteiger partial charge is 0.496 e. The van der Waals surface area contributed by atoms with Gasteiger partial charge in [-0.25, -0.2) is 0 Å². The van der Waals surface area contributed by atoms with Crippen molar-refractivity contribution in [1.29, 1.82) is 0 Å². The second-order valence-electron chi connectivity index (χ2n) is 5.89. The highest BCUT2D eigenvalue weighted by Crippen LogP contribution is 2.40. The van der Waals surface area contributed by atoms with E-state index < -0.39 is 0 Å². The highest BCUT2D eigenvalue weighted by atomic mass is 35.5. The monoisotopic (exact) mass is 330 g/mol. The summed E-state index contributed by atoms with van der Waals surface area (Å²) < 4.78 is 5.16. The van der Waals surface area contributed by atoms with E-state index in [0.29, 0.717) is 5.41 Å². The van der Waals surface area contributed by atoms with E-state index in [9.17, 15) is 4.79 Å². The topological polar surface area (TPSA) is 41.6 Å². The van der Waals surface area contributed by atoms with Crippen LogP contribution in [0, 0.1) is 5.41 Å². The van der Waals surface area contributed by atoms with Crippen molar-refractivity contribution in [1.82, 2.24) is 10.2 Å². The fraction of sp³-hybridized carbons (Fsp3) is 0.667. The Balaban J connectivity index is 0.00000161. The number of ether oxygens (including phenoxy) is 1. The number of rotatable bonds is 2. The Morgan fingerprint density at radius 2 is 1.95 bits per heavy atom. The summed E-state index contributed by atoms with van der Waals surface area (Å²) in [4.78, 5) is 15.3. The Morgan fingerprint density at radius 1 is 1.29 bits per heavy atom. The molecule has 0 bridgehead atoms. The molecule has 2 aliphatic heterocycles. The third kappa shape index (κ3) is 3.52. The minimum atomic E-state index is 0. The maximum atomic E-state index is 12.5. The molecular formula is C15H23ClN2O2S. The first-order chi connectivity index (χ1) is 9.72. The normalized spacial score (nSPS) is 20.9. The Bertz CT molecular complexity index is 476. The number of amides is 1. The number of hydrogen-bond donors (Lipinski definition) is 1. The van der Waals surface area contributed by atoms with E-state index in [1.54, 1.807) is 7.11 Å². The van der Waals surface area contributed by atoms with Gasteiger partial charge in [0.1, 0.15) is 5.75 Å². The first-order valence-electron chi connectivity index (χ1n) is 7.35. The van der Waals surface area contributed by atoms with Gasteiger partial charge in [0.05, 0.1) is 12.0 Å². The van der Waals surface area contributed by atoms with Crippen molar-refractivity contribution in [2.45, 2.75) is 25.7 Å². The van der Waals surface area contributed by atoms with Gasteiger partial charge in [-0.3, -0.25) is 4.79 Å². The predicted molar refractivity (Wildman–Crippen MR) is 87.8 cm³/mol. The first-order valence-corrected chi connectivity index (χ1v) is 8.23. The molecule has 0 aromatic carbocycles. The van der Waals surface area contributed by atoms with Crippen molar-refractivity contribution in [3.8, 4) is 5.75 Å². The van der Waals surface area contributed by atoms with Crippen LogP contribution in [-0.2, 0) is 0 Å². The fourth-order valence-electron chi connectivity index (χ4n) is 3.34. The molecular weight excluding hydrogens is 308 g/mol. The van der Waals surface area contributed by atoms with Crippen molar-refractivity contribution < 1.29 is 9.53 Å². The van der Waals surface area contributed by atoms with Gasteiger partial charge in [0, 0.05) is 24.5 Å². The van der Waals surface area contributed by atoms with E-state index in [1.165, 1.54) is 24.2 Å². The number of likely N-dealkylation sites (tertiary alicyclic amines) is 1. The molecule has 3 heterocycles. The molecule has 4 nitrogen and oxygen atoms in total. The summed E-state index contributed by atoms with van der Waals surface area (Å²) in [6.45, 7) is 4.07. The zero-order chi connectivity index (χ0) is 14.0. The lowest BCUT2D eigenvalue weighted by Crippen LogP contribution is -2.47. The molecule has 1 amide bonds. The van der Waals surface area contributed by atoms with Crippen LogP contribution in [0.4, 0.5) is 0 Å². The number of halogens is 1. The summed E-state index contributed by atoms with van der Waals surface area (Å²) in [6, 6.07) is 1.85. The number of methoxy groups -OCH3 is 1. The molecule has 6 heteroatoms. The quantitative estimate of drug-likeness (QED) is 0.906. The summed E-state index contributed by atoms with van der Waals surface area (Å²) in [7, 11) is 1.64. The molecule has 1 spiro atoms. The van der Waals surface area contributed by atoms with Crippen molar-refractivity contribution in [2.75, 3.05) is 33.3 Å². The molecule has 2 saturated heterocycles. The number of piperidine rings is 2. The molecule has 2 aliphatic rings. The third-order valence-corrected chi connectivity index (χ3v) is 5.69. The van der Waals surface area contributed by atoms with Crippen LogP contribution in [-0.4, -0.2) is 44.1 Å². The Kier molecular flexibility index (Phi) is 5.52. The number of carbonyl (C=O) groups is 1. The van der Waals surface area contributed by atoms with Crippen LogP contribution >= 0.6 is 23.7 Å². The van der Waals surface area contributed by atoms with E-state index in [1.807, 2.05) is 16.3 Å². The van der Waals surface area contributed by atoms with E-state index in [2.05, 4.69) is 5.32 Å². The Labute approximate surface area is 136 Å². The van der Waals surface area contributed by atoms with Crippen LogP contribution in [0.15, 0.2) is 11.4 Å². The zero-order valence-corrected chi connectivity index (χ0v) is 14.0. The summed E-state index contributed by atoms with van der Waals surface area (Å²) in [5.41, 5.74) is 0.495. The van der Waals surface area contributed by atoms with Gasteiger partial charge in [-0.1, -0.05) is 0 Å². The molecule has 0 saturated carbocycles. The standard InChI is InChI=1S/C15H22N2O2S.ClH/c1-19-12-10-13(20-11-12)14(18)17-8-4-15(5-9-17)2-6-16-7-3-15;/h10-11,16H,2-9H2,1H3;1H. The molecule has 118 valence electrons. The lowest BCUT2D eigenvalue weighted by Gasteiger charge is -2.44. The van der Waals surface area contributed by atoms with Crippen LogP contribution in [0.3, 0.4) is 0 Å². The third-order valence-electron chi connectivity index (χ3n) is 4.80. The van der Waals surface area contributed by atoms with Crippen LogP contribution in [0.2, 0.25) is 0 Å². The smallest absolute Gasteiger partial charge is 0.264 e. The van der Waals surface area contributed by atoms with Gasteiger partial charge < -0.3 is 15.0 Å². The van der Waals surface area contributed by atoms with Crippen molar-refractivity contribution in [3.05, 3.63) is 16.3 Å². The molecule has 1 aromatic rings. The van der Waals surface area contributed by atoms with Gasteiger partial charge in [0.2, 0.25) is 0 Å². The maximum Gasteiger partial charge on any atom is 0.264 e. The van der Waals surface area contributed by atoms with E-state index >= 15 is 0 Å². The number of nitrogens with one attached hydrogen (secondary N) is 1. The molecule has 0 aliphatic carbocycles. The van der Waals surface area contributed by atoms with Gasteiger partial charge in [0.25, 0.3) is 5.91 Å². The zero-order valence-electron chi connectivity index (χ0n) is 12.4. The average molecular weight is 331 g/mol. The first kappa shape index (κ1) is 16.6. The summed E-state index contributed by atoms with van der Waals surface area (Å²) in [5, 5.41) is 5.33. The number of thiophene rings is 1. The van der Waals surface area contributed by atoms with Crippen molar-refractivity contribution in [3.63, 3.8) is 0 Å². The average Bonchev–Trinajstić information content (AvgIpc) is 2.97. The number of nitrogens with zero attached hydrogens (tertiary/aromatic N) is 1. The Morgan fingerprint density at radius 3 is 2.52 bits per heavy atom. The van der Waals surface area contributed by atoms with E-state index in [-0.39, 0.29) is 18.3 Å². The summed E-state index contributed by atoms with van der Waals surface area (Å²) >= 11 is 1.48. The minimum Gasteiger partial charge on any atom is -0.496 e. The maximum absolute atomic E-state index is 12.5. The van der Waals surface area contributed by atoms with Crippen LogP contribution in [0.1, 0.15) is 35.4 Å². The molecule has 2 fully saturated rings. The minimum absolute atomic E-state index is 0. The van der Waals surface area contributed by atoms with Gasteiger partial charge in [0.15, 0.2) is 0 Å². The van der Waals surface area contributed by atoms with Gasteiger partial charge in [-0.05, 0) is 44.2 Å². The van der Waals surface area contributed by atoms with Gasteiger partial charge >= 0.3 is 0 Å². The van der Waals surface area contributed by atoms with Crippen LogP contribution < -0.4 is 10.1 Å². The highest BCUT2D eigenvalue weighted by Gasteiger charge is 2.36. The SMILES string of the molecule is COc1csc(C(=O)N2CCC3(CCNCC3)CC2)c1.Cl. The van der Waals surface area contributed by atoms with Crippen LogP contribution in [0.25, 0.3) is 0 Å². The second kappa shape index (κ2) is 6.99. The number of hydrogen-bond acceptors (Lipinski definition) is 4. The molecule has 3 rings (SSSR count). The lowest BCUT2D eigenvalue weighted by atomic mass is 9.71. The predicted octanol–water partition coefficient (Wildman–Crippen LogP) is 2.78. The Hall–Kier alpha value is -0.780. The van der Waals surface area contributed by atoms with Crippen molar-refractivity contribution >= 4 is 29.7 Å². The lowest BCUT2D eigenvalue weighted by molar-refractivity contribution is 0.0499. The van der Waals surface area contributed by atoms with Gasteiger partial charge in [-0.2, -0.15) is 0 Å². The molecule has 0 unspecified atom stereocenters. The summed E-state index contributed by atoms with van der Waals surface area (Å²) in [6.07, 6.45) is 4.84. The van der Waals surface area contributed by atoms with Crippen molar-refractivity contribution in [2.24, 2.45) is 5.41 Å². The number of carbonyl (C=O) groups excluding carboxylic acids is 1. The fourth-order valence-corrected chi connectivity index (χ4v) is 4.16.